The van der Waals surface area contributed by atoms with E-state index in [9.17, 15) is 4.79 Å². The highest BCUT2D eigenvalue weighted by molar-refractivity contribution is 5.71. The quantitative estimate of drug-likeness (QED) is 0.676. The van der Waals surface area contributed by atoms with Gasteiger partial charge in [-0.2, -0.15) is 0 Å². The number of hydrogen-bond donors (Lipinski definition) is 0. The molecule has 1 aliphatic rings. The molecule has 0 aliphatic heterocycles. The summed E-state index contributed by atoms with van der Waals surface area (Å²) < 4.78 is 4.75. The van der Waals surface area contributed by atoms with E-state index >= 15 is 0 Å². The Morgan fingerprint density at radius 1 is 1.38 bits per heavy atom. The zero-order valence-electron chi connectivity index (χ0n) is 10.9. The van der Waals surface area contributed by atoms with Crippen LogP contribution in [0.1, 0.15) is 46.0 Å². The second kappa shape index (κ2) is 6.89. The number of likely N-dealkylation sites (N-methyl/N-ethyl adjacent to an activating group) is 1. The summed E-state index contributed by atoms with van der Waals surface area (Å²) in [5, 5.41) is 0. The fourth-order valence-electron chi connectivity index (χ4n) is 2.69. The van der Waals surface area contributed by atoms with Gasteiger partial charge < -0.3 is 4.74 Å². The highest BCUT2D eigenvalue weighted by Gasteiger charge is 2.26. The molecule has 0 aromatic heterocycles. The standard InChI is InChI=1S/C13H25NO2/c1-4-11-7-6-8-12(9-11)14(5-2)10-13(15)16-3/h11-12H,4-10H2,1-3H3. The Labute approximate surface area is 99.1 Å². The van der Waals surface area contributed by atoms with Crippen LogP contribution in [0.4, 0.5) is 0 Å². The molecule has 1 fully saturated rings. The van der Waals surface area contributed by atoms with Gasteiger partial charge in [0.15, 0.2) is 0 Å². The van der Waals surface area contributed by atoms with Crippen LogP contribution in [-0.4, -0.2) is 37.1 Å². The highest BCUT2D eigenvalue weighted by atomic mass is 16.5. The third-order valence-corrected chi connectivity index (χ3v) is 3.81. The van der Waals surface area contributed by atoms with E-state index in [4.69, 9.17) is 4.74 Å². The number of carbonyl (C=O) groups excluding carboxylic acids is 1. The lowest BCUT2D eigenvalue weighted by atomic mass is 9.83. The first-order valence-electron chi connectivity index (χ1n) is 6.52. The first-order chi connectivity index (χ1) is 7.71. The average molecular weight is 227 g/mol. The van der Waals surface area contributed by atoms with Crippen LogP contribution in [-0.2, 0) is 9.53 Å². The predicted octanol–water partition coefficient (Wildman–Crippen LogP) is 2.45. The smallest absolute Gasteiger partial charge is 0.319 e. The normalized spacial score (nSPS) is 25.8. The number of nitrogens with zero attached hydrogens (tertiary/aromatic N) is 1. The first kappa shape index (κ1) is 13.5. The molecule has 0 spiro atoms. The second-order valence-electron chi connectivity index (χ2n) is 4.73. The van der Waals surface area contributed by atoms with Crippen LogP contribution in [0.2, 0.25) is 0 Å². The summed E-state index contributed by atoms with van der Waals surface area (Å²) in [4.78, 5) is 13.6. The number of esters is 1. The molecule has 0 aromatic carbocycles. The van der Waals surface area contributed by atoms with Crippen molar-refractivity contribution in [3.8, 4) is 0 Å². The van der Waals surface area contributed by atoms with Gasteiger partial charge in [0, 0.05) is 6.04 Å². The Bertz CT molecular complexity index is 218. The number of ether oxygens (including phenoxy) is 1. The zero-order chi connectivity index (χ0) is 12.0. The second-order valence-corrected chi connectivity index (χ2v) is 4.73. The van der Waals surface area contributed by atoms with Gasteiger partial charge in [0.05, 0.1) is 13.7 Å². The van der Waals surface area contributed by atoms with E-state index in [1.807, 2.05) is 0 Å². The van der Waals surface area contributed by atoms with Gasteiger partial charge in [0.1, 0.15) is 0 Å². The van der Waals surface area contributed by atoms with Crippen molar-refractivity contribution in [2.45, 2.75) is 52.0 Å². The van der Waals surface area contributed by atoms with Gasteiger partial charge in [-0.05, 0) is 25.3 Å². The molecule has 1 rings (SSSR count). The molecular formula is C13H25NO2. The maximum Gasteiger partial charge on any atom is 0.319 e. The fourth-order valence-corrected chi connectivity index (χ4v) is 2.69. The lowest BCUT2D eigenvalue weighted by Crippen LogP contribution is -2.42. The maximum atomic E-state index is 11.3. The molecule has 0 bridgehead atoms. The summed E-state index contributed by atoms with van der Waals surface area (Å²) in [6.07, 6.45) is 6.43. The van der Waals surface area contributed by atoms with Crippen molar-refractivity contribution in [2.75, 3.05) is 20.2 Å². The van der Waals surface area contributed by atoms with E-state index in [-0.39, 0.29) is 5.97 Å². The Hall–Kier alpha value is -0.570. The largest absolute Gasteiger partial charge is 0.468 e. The number of carbonyl (C=O) groups is 1. The number of hydrogen-bond acceptors (Lipinski definition) is 3. The molecule has 3 heteroatoms. The molecule has 1 aliphatic carbocycles. The summed E-state index contributed by atoms with van der Waals surface area (Å²) in [7, 11) is 1.46. The third kappa shape index (κ3) is 3.78. The van der Waals surface area contributed by atoms with E-state index in [0.717, 1.165) is 12.5 Å². The average Bonchev–Trinajstić information content (AvgIpc) is 2.35. The zero-order valence-corrected chi connectivity index (χ0v) is 10.9. The molecular weight excluding hydrogens is 202 g/mol. The summed E-state index contributed by atoms with van der Waals surface area (Å²) in [5.74, 6) is 0.742. The third-order valence-electron chi connectivity index (χ3n) is 3.81. The maximum absolute atomic E-state index is 11.3. The minimum absolute atomic E-state index is 0.111. The molecule has 0 N–H and O–H groups in total. The molecule has 0 radical (unpaired) electrons. The van der Waals surface area contributed by atoms with E-state index in [2.05, 4.69) is 18.7 Å². The molecule has 2 unspecified atom stereocenters. The Balaban J connectivity index is 2.48. The topological polar surface area (TPSA) is 29.5 Å². The summed E-state index contributed by atoms with van der Waals surface area (Å²) in [6, 6.07) is 0.586. The lowest BCUT2D eigenvalue weighted by Gasteiger charge is -2.36. The Morgan fingerprint density at radius 2 is 2.12 bits per heavy atom. The van der Waals surface area contributed by atoms with Gasteiger partial charge in [0.2, 0.25) is 0 Å². The van der Waals surface area contributed by atoms with Crippen molar-refractivity contribution in [2.24, 2.45) is 5.92 Å². The Kier molecular flexibility index (Phi) is 5.81. The molecule has 1 saturated carbocycles. The Morgan fingerprint density at radius 3 is 2.69 bits per heavy atom. The van der Waals surface area contributed by atoms with Crippen molar-refractivity contribution in [1.29, 1.82) is 0 Å². The van der Waals surface area contributed by atoms with Crippen molar-refractivity contribution in [1.82, 2.24) is 4.90 Å². The molecule has 0 saturated heterocycles. The summed E-state index contributed by atoms with van der Waals surface area (Å²) in [5.41, 5.74) is 0. The van der Waals surface area contributed by atoms with Crippen LogP contribution in [0, 0.1) is 5.92 Å². The molecule has 0 heterocycles. The predicted molar refractivity (Wildman–Crippen MR) is 65.3 cm³/mol. The minimum Gasteiger partial charge on any atom is -0.468 e. The van der Waals surface area contributed by atoms with Crippen molar-refractivity contribution in [3.05, 3.63) is 0 Å². The van der Waals surface area contributed by atoms with Crippen molar-refractivity contribution >= 4 is 5.97 Å². The van der Waals surface area contributed by atoms with Gasteiger partial charge >= 0.3 is 5.97 Å². The van der Waals surface area contributed by atoms with E-state index < -0.39 is 0 Å². The molecule has 0 aromatic rings. The monoisotopic (exact) mass is 227 g/mol. The van der Waals surface area contributed by atoms with E-state index in [1.54, 1.807) is 0 Å². The molecule has 16 heavy (non-hydrogen) atoms. The molecule has 2 atom stereocenters. The first-order valence-corrected chi connectivity index (χ1v) is 6.52. The number of methoxy groups -OCH3 is 1. The van der Waals surface area contributed by atoms with Gasteiger partial charge in [-0.15, -0.1) is 0 Å². The minimum atomic E-state index is -0.111. The lowest BCUT2D eigenvalue weighted by molar-refractivity contribution is -0.142. The van der Waals surface area contributed by atoms with Crippen LogP contribution in [0.15, 0.2) is 0 Å². The van der Waals surface area contributed by atoms with Crippen molar-refractivity contribution in [3.63, 3.8) is 0 Å². The van der Waals surface area contributed by atoms with Crippen LogP contribution in [0.5, 0.6) is 0 Å². The van der Waals surface area contributed by atoms with E-state index in [1.165, 1.54) is 39.2 Å². The fraction of sp³-hybridized carbons (Fsp3) is 0.923. The van der Waals surface area contributed by atoms with Crippen molar-refractivity contribution < 1.29 is 9.53 Å². The SMILES string of the molecule is CCC1CCCC(N(CC)CC(=O)OC)C1. The summed E-state index contributed by atoms with van der Waals surface area (Å²) >= 11 is 0. The molecule has 3 nitrogen and oxygen atoms in total. The van der Waals surface area contributed by atoms with Crippen LogP contribution in [0.25, 0.3) is 0 Å². The highest BCUT2D eigenvalue weighted by Crippen LogP contribution is 2.29. The van der Waals surface area contributed by atoms with Gasteiger partial charge in [-0.1, -0.05) is 33.1 Å². The van der Waals surface area contributed by atoms with Crippen LogP contribution in [0.3, 0.4) is 0 Å². The number of rotatable bonds is 5. The van der Waals surface area contributed by atoms with Gasteiger partial charge in [0.25, 0.3) is 0 Å². The molecule has 0 amide bonds. The van der Waals surface area contributed by atoms with E-state index in [0.29, 0.717) is 12.6 Å². The van der Waals surface area contributed by atoms with Gasteiger partial charge in [-0.25, -0.2) is 0 Å². The summed E-state index contributed by atoms with van der Waals surface area (Å²) in [6.45, 7) is 5.78. The van der Waals surface area contributed by atoms with Crippen LogP contribution >= 0.6 is 0 Å². The van der Waals surface area contributed by atoms with Gasteiger partial charge in [-0.3, -0.25) is 9.69 Å². The van der Waals surface area contributed by atoms with Crippen LogP contribution < -0.4 is 0 Å². The molecule has 94 valence electrons.